The molecule has 2 aromatic carbocycles. The number of urea groups is 1. The van der Waals surface area contributed by atoms with E-state index in [9.17, 15) is 9.59 Å². The summed E-state index contributed by atoms with van der Waals surface area (Å²) in [7, 11) is 0. The van der Waals surface area contributed by atoms with Crippen molar-refractivity contribution in [2.24, 2.45) is 0 Å². The number of nitrogens with zero attached hydrogens (tertiary/aromatic N) is 2. The van der Waals surface area contributed by atoms with Gasteiger partial charge >= 0.3 is 6.03 Å². The Bertz CT molecular complexity index is 903. The summed E-state index contributed by atoms with van der Waals surface area (Å²) in [6.07, 6.45) is 1.82. The number of benzene rings is 2. The number of nitrogens with one attached hydrogen (secondary N) is 1. The Morgan fingerprint density at radius 3 is 2.67 bits per heavy atom. The molecule has 5 nitrogen and oxygen atoms in total. The lowest BCUT2D eigenvalue weighted by Crippen LogP contribution is -2.31. The van der Waals surface area contributed by atoms with E-state index in [0.29, 0.717) is 35.2 Å². The molecule has 0 aliphatic carbocycles. The maximum absolute atomic E-state index is 13.2. The highest BCUT2D eigenvalue weighted by atomic mass is 35.5. The van der Waals surface area contributed by atoms with Crippen LogP contribution in [-0.2, 0) is 0 Å². The van der Waals surface area contributed by atoms with E-state index in [1.807, 2.05) is 29.2 Å². The first-order valence-corrected chi connectivity index (χ1v) is 9.71. The Labute approximate surface area is 167 Å². The van der Waals surface area contributed by atoms with E-state index in [-0.39, 0.29) is 18.0 Å². The molecule has 2 aromatic rings. The van der Waals surface area contributed by atoms with Gasteiger partial charge in [-0.25, -0.2) is 4.79 Å². The van der Waals surface area contributed by atoms with Crippen LogP contribution in [0.5, 0.6) is 0 Å². The zero-order valence-electron chi connectivity index (χ0n) is 14.6. The van der Waals surface area contributed by atoms with Crippen molar-refractivity contribution >= 4 is 40.8 Å². The lowest BCUT2D eigenvalue weighted by Gasteiger charge is -2.26. The molecule has 140 valence electrons. The fraction of sp³-hybridized carbons (Fsp3) is 0.300. The summed E-state index contributed by atoms with van der Waals surface area (Å²) in [6.45, 7) is 1.91. The van der Waals surface area contributed by atoms with Crippen molar-refractivity contribution in [3.63, 3.8) is 0 Å². The van der Waals surface area contributed by atoms with E-state index in [4.69, 9.17) is 23.2 Å². The number of amides is 3. The van der Waals surface area contributed by atoms with Gasteiger partial charge < -0.3 is 10.2 Å². The third-order valence-corrected chi connectivity index (χ3v) is 5.84. The largest absolute Gasteiger partial charge is 0.336 e. The first-order chi connectivity index (χ1) is 13.0. The molecule has 2 heterocycles. The standard InChI is InChI=1S/C20H19Cl2N3O2/c21-16-7-6-13(12-17(16)22)18-5-2-9-25(18)19(26)14-3-1-4-15(11-14)24-10-8-23-20(24)27/h1,3-4,6-7,11-12,18H,2,5,8-10H2,(H,23,27). The number of carbonyl (C=O) groups excluding carboxylic acids is 2. The smallest absolute Gasteiger partial charge is 0.321 e. The van der Waals surface area contributed by atoms with Crippen LogP contribution in [-0.4, -0.2) is 36.5 Å². The summed E-state index contributed by atoms with van der Waals surface area (Å²) in [5.41, 5.74) is 2.31. The quantitative estimate of drug-likeness (QED) is 0.819. The molecule has 7 heteroatoms. The topological polar surface area (TPSA) is 52.7 Å². The zero-order valence-corrected chi connectivity index (χ0v) is 16.1. The van der Waals surface area contributed by atoms with Gasteiger partial charge in [0, 0.05) is 30.9 Å². The molecule has 2 aliphatic heterocycles. The molecular weight excluding hydrogens is 385 g/mol. The van der Waals surface area contributed by atoms with Gasteiger partial charge in [-0.1, -0.05) is 35.3 Å². The van der Waals surface area contributed by atoms with E-state index in [0.717, 1.165) is 24.1 Å². The summed E-state index contributed by atoms with van der Waals surface area (Å²) in [4.78, 5) is 28.6. The Balaban J connectivity index is 1.60. The monoisotopic (exact) mass is 403 g/mol. The molecule has 1 atom stereocenters. The zero-order chi connectivity index (χ0) is 19.0. The second-order valence-corrected chi connectivity index (χ2v) is 7.58. The Hall–Kier alpha value is -2.24. The van der Waals surface area contributed by atoms with Crippen LogP contribution in [0.15, 0.2) is 42.5 Å². The Morgan fingerprint density at radius 1 is 1.07 bits per heavy atom. The fourth-order valence-electron chi connectivity index (χ4n) is 3.77. The highest BCUT2D eigenvalue weighted by Crippen LogP contribution is 2.36. The SMILES string of the molecule is O=C1NCCN1c1cccc(C(=O)N2CCCC2c2ccc(Cl)c(Cl)c2)c1. The van der Waals surface area contributed by atoms with E-state index in [1.165, 1.54) is 0 Å². The molecule has 0 saturated carbocycles. The minimum absolute atomic E-state index is 0.0222. The van der Waals surface area contributed by atoms with Gasteiger partial charge in [0.05, 0.1) is 16.1 Å². The molecule has 0 spiro atoms. The third kappa shape index (κ3) is 3.49. The summed E-state index contributed by atoms with van der Waals surface area (Å²) >= 11 is 12.2. The van der Waals surface area contributed by atoms with Crippen LogP contribution < -0.4 is 10.2 Å². The maximum Gasteiger partial charge on any atom is 0.321 e. The van der Waals surface area contributed by atoms with Gasteiger partial charge in [0.2, 0.25) is 0 Å². The van der Waals surface area contributed by atoms with Crippen LogP contribution in [0.1, 0.15) is 34.8 Å². The van der Waals surface area contributed by atoms with Gasteiger partial charge in [-0.05, 0) is 48.7 Å². The van der Waals surface area contributed by atoms with Crippen molar-refractivity contribution < 1.29 is 9.59 Å². The van der Waals surface area contributed by atoms with Crippen molar-refractivity contribution in [1.82, 2.24) is 10.2 Å². The molecular formula is C20H19Cl2N3O2. The highest BCUT2D eigenvalue weighted by molar-refractivity contribution is 6.42. The lowest BCUT2D eigenvalue weighted by atomic mass is 10.0. The van der Waals surface area contributed by atoms with E-state index < -0.39 is 0 Å². The van der Waals surface area contributed by atoms with Gasteiger partial charge in [-0.15, -0.1) is 0 Å². The van der Waals surface area contributed by atoms with Crippen LogP contribution in [0.2, 0.25) is 10.0 Å². The summed E-state index contributed by atoms with van der Waals surface area (Å²) < 4.78 is 0. The number of likely N-dealkylation sites (tertiary alicyclic amines) is 1. The van der Waals surface area contributed by atoms with Crippen molar-refractivity contribution in [3.8, 4) is 0 Å². The normalized spacial score (nSPS) is 19.5. The molecule has 0 bridgehead atoms. The number of rotatable bonds is 3. The Kier molecular flexibility index (Phi) is 4.98. The molecule has 1 unspecified atom stereocenters. The molecule has 2 aliphatic rings. The molecule has 2 fully saturated rings. The van der Waals surface area contributed by atoms with Crippen molar-refractivity contribution in [1.29, 1.82) is 0 Å². The maximum atomic E-state index is 13.2. The second kappa shape index (κ2) is 7.41. The Morgan fingerprint density at radius 2 is 1.93 bits per heavy atom. The number of carbonyl (C=O) groups is 2. The van der Waals surface area contributed by atoms with Crippen molar-refractivity contribution in [2.75, 3.05) is 24.5 Å². The van der Waals surface area contributed by atoms with Gasteiger partial charge in [0.25, 0.3) is 5.91 Å². The van der Waals surface area contributed by atoms with Crippen LogP contribution in [0.25, 0.3) is 0 Å². The number of anilines is 1. The molecule has 0 aromatic heterocycles. The van der Waals surface area contributed by atoms with Gasteiger partial charge in [0.1, 0.15) is 0 Å². The number of hydrogen-bond donors (Lipinski definition) is 1. The number of hydrogen-bond acceptors (Lipinski definition) is 2. The molecule has 27 heavy (non-hydrogen) atoms. The first-order valence-electron chi connectivity index (χ1n) is 8.96. The van der Waals surface area contributed by atoms with Crippen LogP contribution in [0, 0.1) is 0 Å². The summed E-state index contributed by atoms with van der Waals surface area (Å²) in [5, 5.41) is 3.78. The predicted octanol–water partition coefficient (Wildman–Crippen LogP) is 4.50. The average molecular weight is 404 g/mol. The summed E-state index contributed by atoms with van der Waals surface area (Å²) in [6, 6.07) is 12.6. The van der Waals surface area contributed by atoms with Crippen LogP contribution in [0.4, 0.5) is 10.5 Å². The van der Waals surface area contributed by atoms with Crippen LogP contribution >= 0.6 is 23.2 Å². The second-order valence-electron chi connectivity index (χ2n) is 6.76. The lowest BCUT2D eigenvalue weighted by molar-refractivity contribution is 0.0735. The van der Waals surface area contributed by atoms with E-state index >= 15 is 0 Å². The van der Waals surface area contributed by atoms with Crippen molar-refractivity contribution in [3.05, 3.63) is 63.6 Å². The minimum atomic E-state index is -0.130. The third-order valence-electron chi connectivity index (χ3n) is 5.10. The molecule has 1 N–H and O–H groups in total. The molecule has 4 rings (SSSR count). The first kappa shape index (κ1) is 18.1. The molecule has 0 radical (unpaired) electrons. The predicted molar refractivity (Wildman–Crippen MR) is 107 cm³/mol. The average Bonchev–Trinajstić information content (AvgIpc) is 3.32. The van der Waals surface area contributed by atoms with Gasteiger partial charge in [-0.3, -0.25) is 9.69 Å². The van der Waals surface area contributed by atoms with Crippen LogP contribution in [0.3, 0.4) is 0 Å². The fourth-order valence-corrected chi connectivity index (χ4v) is 4.07. The van der Waals surface area contributed by atoms with Gasteiger partial charge in [0.15, 0.2) is 0 Å². The minimum Gasteiger partial charge on any atom is -0.336 e. The molecule has 2 saturated heterocycles. The number of halogens is 2. The van der Waals surface area contributed by atoms with E-state index in [2.05, 4.69) is 5.32 Å². The summed E-state index contributed by atoms with van der Waals surface area (Å²) in [5.74, 6) is -0.0370. The highest BCUT2D eigenvalue weighted by Gasteiger charge is 2.31. The van der Waals surface area contributed by atoms with Gasteiger partial charge in [-0.2, -0.15) is 0 Å². The molecule has 3 amide bonds. The van der Waals surface area contributed by atoms with E-state index in [1.54, 1.807) is 23.1 Å². The van der Waals surface area contributed by atoms with Crippen molar-refractivity contribution in [2.45, 2.75) is 18.9 Å².